The SMILES string of the molecule is CCc1ccc(S(=O)(=O)N(C)c2ccc(N(C)C(C)=O)cc2)s1. The van der Waals surface area contributed by atoms with E-state index in [-0.39, 0.29) is 5.91 Å². The zero-order valence-corrected chi connectivity index (χ0v) is 15.2. The zero-order valence-electron chi connectivity index (χ0n) is 13.6. The van der Waals surface area contributed by atoms with Crippen LogP contribution in [0, 0.1) is 0 Å². The van der Waals surface area contributed by atoms with Gasteiger partial charge in [-0.2, -0.15) is 0 Å². The molecule has 1 heterocycles. The maximum atomic E-state index is 12.7. The van der Waals surface area contributed by atoms with Crippen LogP contribution >= 0.6 is 11.3 Å². The van der Waals surface area contributed by atoms with E-state index < -0.39 is 10.0 Å². The Kier molecular flexibility index (Phi) is 5.11. The molecule has 124 valence electrons. The number of thiophene rings is 1. The van der Waals surface area contributed by atoms with Crippen molar-refractivity contribution in [2.24, 2.45) is 0 Å². The number of hydrogen-bond donors (Lipinski definition) is 0. The van der Waals surface area contributed by atoms with Crippen molar-refractivity contribution >= 4 is 38.6 Å². The van der Waals surface area contributed by atoms with Gasteiger partial charge in [0.2, 0.25) is 5.91 Å². The molecule has 0 N–H and O–H groups in total. The number of hydrogen-bond acceptors (Lipinski definition) is 4. The van der Waals surface area contributed by atoms with Crippen LogP contribution in [-0.4, -0.2) is 28.4 Å². The maximum absolute atomic E-state index is 12.7. The summed E-state index contributed by atoms with van der Waals surface area (Å²) in [6, 6.07) is 10.3. The average molecular weight is 352 g/mol. The minimum atomic E-state index is -3.56. The first-order chi connectivity index (χ1) is 10.8. The Morgan fingerprint density at radius 2 is 1.61 bits per heavy atom. The number of sulfonamides is 1. The molecule has 5 nitrogen and oxygen atoms in total. The summed E-state index contributed by atoms with van der Waals surface area (Å²) in [6.45, 7) is 3.47. The molecule has 0 fully saturated rings. The summed E-state index contributed by atoms with van der Waals surface area (Å²) in [7, 11) is -0.351. The molecule has 1 aromatic heterocycles. The summed E-state index contributed by atoms with van der Waals surface area (Å²) in [4.78, 5) is 13.9. The first-order valence-electron chi connectivity index (χ1n) is 7.19. The van der Waals surface area contributed by atoms with Gasteiger partial charge in [-0.15, -0.1) is 11.3 Å². The summed E-state index contributed by atoms with van der Waals surface area (Å²) in [6.07, 6.45) is 0.815. The first-order valence-corrected chi connectivity index (χ1v) is 9.45. The van der Waals surface area contributed by atoms with E-state index >= 15 is 0 Å². The number of amides is 1. The summed E-state index contributed by atoms with van der Waals surface area (Å²) in [5, 5.41) is 0. The molecule has 7 heteroatoms. The second kappa shape index (κ2) is 6.72. The zero-order chi connectivity index (χ0) is 17.2. The minimum absolute atomic E-state index is 0.0793. The van der Waals surface area contributed by atoms with E-state index in [1.807, 2.05) is 13.0 Å². The molecule has 23 heavy (non-hydrogen) atoms. The Labute approximate surface area is 141 Å². The van der Waals surface area contributed by atoms with Crippen molar-refractivity contribution in [2.45, 2.75) is 24.5 Å². The van der Waals surface area contributed by atoms with Crippen molar-refractivity contribution in [3.8, 4) is 0 Å². The topological polar surface area (TPSA) is 57.7 Å². The molecular weight excluding hydrogens is 332 g/mol. The second-order valence-electron chi connectivity index (χ2n) is 5.14. The number of aryl methyl sites for hydroxylation is 1. The van der Waals surface area contributed by atoms with E-state index in [0.29, 0.717) is 9.90 Å². The van der Waals surface area contributed by atoms with Crippen LogP contribution in [0.3, 0.4) is 0 Å². The highest BCUT2D eigenvalue weighted by atomic mass is 32.2. The second-order valence-corrected chi connectivity index (χ2v) is 8.51. The summed E-state index contributed by atoms with van der Waals surface area (Å²) >= 11 is 1.29. The lowest BCUT2D eigenvalue weighted by molar-refractivity contribution is -0.116. The third kappa shape index (κ3) is 3.56. The Hall–Kier alpha value is -1.86. The lowest BCUT2D eigenvalue weighted by atomic mass is 10.2. The third-order valence-corrected chi connectivity index (χ3v) is 7.16. The molecular formula is C16H20N2O3S2. The van der Waals surface area contributed by atoms with Gasteiger partial charge in [-0.1, -0.05) is 6.92 Å². The molecule has 0 saturated heterocycles. The first kappa shape index (κ1) is 17.5. The van der Waals surface area contributed by atoms with Crippen molar-refractivity contribution in [2.75, 3.05) is 23.3 Å². The molecule has 0 atom stereocenters. The third-order valence-electron chi connectivity index (χ3n) is 3.67. The van der Waals surface area contributed by atoms with Gasteiger partial charge in [0.15, 0.2) is 0 Å². The molecule has 2 aromatic rings. The fourth-order valence-electron chi connectivity index (χ4n) is 2.03. The number of anilines is 2. The van der Waals surface area contributed by atoms with Gasteiger partial charge in [-0.25, -0.2) is 8.42 Å². The van der Waals surface area contributed by atoms with E-state index in [2.05, 4.69) is 0 Å². The standard InChI is InChI=1S/C16H20N2O3S2/c1-5-15-10-11-16(22-15)23(20,21)18(4)14-8-6-13(7-9-14)17(3)12(2)19/h6-11H,5H2,1-4H3. The number of carbonyl (C=O) groups is 1. The highest BCUT2D eigenvalue weighted by molar-refractivity contribution is 7.94. The van der Waals surface area contributed by atoms with Crippen LogP contribution in [-0.2, 0) is 21.2 Å². The van der Waals surface area contributed by atoms with Crippen LogP contribution in [0.2, 0.25) is 0 Å². The Morgan fingerprint density at radius 1 is 1.04 bits per heavy atom. The van der Waals surface area contributed by atoms with E-state index in [9.17, 15) is 13.2 Å². The number of rotatable bonds is 5. The van der Waals surface area contributed by atoms with Crippen molar-refractivity contribution in [1.29, 1.82) is 0 Å². The van der Waals surface area contributed by atoms with Gasteiger partial charge in [0, 0.05) is 31.6 Å². The van der Waals surface area contributed by atoms with E-state index in [1.54, 1.807) is 37.4 Å². The normalized spacial score (nSPS) is 11.3. The molecule has 0 spiro atoms. The fourth-order valence-corrected chi connectivity index (χ4v) is 4.69. The van der Waals surface area contributed by atoms with Crippen molar-refractivity contribution < 1.29 is 13.2 Å². The molecule has 0 aliphatic heterocycles. The van der Waals surface area contributed by atoms with Gasteiger partial charge in [0.05, 0.1) is 5.69 Å². The molecule has 1 amide bonds. The smallest absolute Gasteiger partial charge is 0.273 e. The summed E-state index contributed by atoms with van der Waals surface area (Å²) < 4.78 is 26.9. The van der Waals surface area contributed by atoms with Crippen molar-refractivity contribution in [1.82, 2.24) is 0 Å². The number of benzene rings is 1. The lowest BCUT2D eigenvalue weighted by Gasteiger charge is -2.20. The monoisotopic (exact) mass is 352 g/mol. The number of carbonyl (C=O) groups excluding carboxylic acids is 1. The van der Waals surface area contributed by atoms with E-state index in [0.717, 1.165) is 17.0 Å². The summed E-state index contributed by atoms with van der Waals surface area (Å²) in [5.74, 6) is -0.0793. The Bertz CT molecular complexity index is 795. The Morgan fingerprint density at radius 3 is 2.09 bits per heavy atom. The highest BCUT2D eigenvalue weighted by Gasteiger charge is 2.23. The number of nitrogens with zero attached hydrogens (tertiary/aromatic N) is 2. The quantitative estimate of drug-likeness (QED) is 0.831. The molecule has 0 aliphatic rings. The predicted molar refractivity (Wildman–Crippen MR) is 94.8 cm³/mol. The predicted octanol–water partition coefficient (Wildman–Crippen LogP) is 3.12. The summed E-state index contributed by atoms with van der Waals surface area (Å²) in [5.41, 5.74) is 1.27. The van der Waals surface area contributed by atoms with Crippen LogP contribution in [0.1, 0.15) is 18.7 Å². The molecule has 0 unspecified atom stereocenters. The van der Waals surface area contributed by atoms with Gasteiger partial charge in [0.1, 0.15) is 4.21 Å². The highest BCUT2D eigenvalue weighted by Crippen LogP contribution is 2.28. The van der Waals surface area contributed by atoms with E-state index in [1.165, 1.54) is 34.5 Å². The largest absolute Gasteiger partial charge is 0.316 e. The van der Waals surface area contributed by atoms with Crippen LogP contribution < -0.4 is 9.21 Å². The molecule has 2 rings (SSSR count). The van der Waals surface area contributed by atoms with Crippen LogP contribution in [0.25, 0.3) is 0 Å². The average Bonchev–Trinajstić information content (AvgIpc) is 3.03. The molecule has 0 bridgehead atoms. The molecule has 0 radical (unpaired) electrons. The van der Waals surface area contributed by atoms with Crippen LogP contribution in [0.4, 0.5) is 11.4 Å². The fraction of sp³-hybridized carbons (Fsp3) is 0.312. The maximum Gasteiger partial charge on any atom is 0.273 e. The van der Waals surface area contributed by atoms with Crippen LogP contribution in [0.15, 0.2) is 40.6 Å². The lowest BCUT2D eigenvalue weighted by Crippen LogP contribution is -2.26. The van der Waals surface area contributed by atoms with Gasteiger partial charge >= 0.3 is 0 Å². The molecule has 0 saturated carbocycles. The minimum Gasteiger partial charge on any atom is -0.316 e. The molecule has 0 aliphatic carbocycles. The Balaban J connectivity index is 2.28. The van der Waals surface area contributed by atoms with E-state index in [4.69, 9.17) is 0 Å². The van der Waals surface area contributed by atoms with Crippen molar-refractivity contribution in [3.63, 3.8) is 0 Å². The van der Waals surface area contributed by atoms with Gasteiger partial charge in [0.25, 0.3) is 10.0 Å². The van der Waals surface area contributed by atoms with Crippen LogP contribution in [0.5, 0.6) is 0 Å². The van der Waals surface area contributed by atoms with Gasteiger partial charge < -0.3 is 4.90 Å². The van der Waals surface area contributed by atoms with Gasteiger partial charge in [-0.3, -0.25) is 9.10 Å². The van der Waals surface area contributed by atoms with Gasteiger partial charge in [-0.05, 0) is 42.8 Å². The van der Waals surface area contributed by atoms with Crippen molar-refractivity contribution in [3.05, 3.63) is 41.3 Å². The molecule has 1 aromatic carbocycles.